The number of benzene rings is 1. The maximum atomic E-state index is 12.6. The van der Waals surface area contributed by atoms with Gasteiger partial charge in [0.15, 0.2) is 0 Å². The average molecular weight is 246 g/mol. The van der Waals surface area contributed by atoms with Crippen molar-refractivity contribution in [1.29, 1.82) is 0 Å². The lowest BCUT2D eigenvalue weighted by molar-refractivity contribution is 0.0651. The van der Waals surface area contributed by atoms with Crippen LogP contribution in [0.3, 0.4) is 0 Å². The highest BCUT2D eigenvalue weighted by Gasteiger charge is 2.29. The lowest BCUT2D eigenvalue weighted by Gasteiger charge is -2.39. The number of rotatable bonds is 2. The lowest BCUT2D eigenvalue weighted by Crippen LogP contribution is -2.58. The zero-order valence-corrected chi connectivity index (χ0v) is 11.5. The van der Waals surface area contributed by atoms with Crippen LogP contribution in [0.1, 0.15) is 36.7 Å². The van der Waals surface area contributed by atoms with Crippen LogP contribution in [0.15, 0.2) is 24.3 Å². The van der Waals surface area contributed by atoms with Crippen molar-refractivity contribution in [3.05, 3.63) is 35.4 Å². The highest BCUT2D eigenvalue weighted by molar-refractivity contribution is 5.95. The molecule has 3 heteroatoms. The van der Waals surface area contributed by atoms with E-state index in [1.165, 1.54) is 0 Å². The zero-order valence-electron chi connectivity index (χ0n) is 11.5. The molecule has 1 aliphatic rings. The number of hydrogen-bond donors (Lipinski definition) is 1. The summed E-state index contributed by atoms with van der Waals surface area (Å²) in [5.74, 6) is 0.169. The highest BCUT2D eigenvalue weighted by atomic mass is 16.2. The summed E-state index contributed by atoms with van der Waals surface area (Å²) in [6.07, 6.45) is 0.900. The topological polar surface area (TPSA) is 32.3 Å². The Bertz CT molecular complexity index is 440. The molecule has 1 saturated heterocycles. The van der Waals surface area contributed by atoms with E-state index in [9.17, 15) is 4.79 Å². The van der Waals surface area contributed by atoms with Crippen LogP contribution < -0.4 is 5.32 Å². The fourth-order valence-electron chi connectivity index (χ4n) is 2.52. The Morgan fingerprint density at radius 2 is 2.11 bits per heavy atom. The summed E-state index contributed by atoms with van der Waals surface area (Å²) in [7, 11) is 0. The minimum absolute atomic E-state index is 0.00900. The van der Waals surface area contributed by atoms with Gasteiger partial charge in [-0.3, -0.25) is 4.79 Å². The Morgan fingerprint density at radius 1 is 1.39 bits per heavy atom. The number of amides is 1. The summed E-state index contributed by atoms with van der Waals surface area (Å²) in [6.45, 7) is 8.79. The van der Waals surface area contributed by atoms with Crippen LogP contribution in [0.5, 0.6) is 0 Å². The Kier molecular flexibility index (Phi) is 3.71. The summed E-state index contributed by atoms with van der Waals surface area (Å²) in [6, 6.07) is 7.92. The number of carbonyl (C=O) groups excluding carboxylic acids is 1. The van der Waals surface area contributed by atoms with Crippen LogP contribution in [-0.4, -0.2) is 36.0 Å². The highest BCUT2D eigenvalue weighted by Crippen LogP contribution is 2.16. The summed E-state index contributed by atoms with van der Waals surface area (Å²) >= 11 is 0. The van der Waals surface area contributed by atoms with Gasteiger partial charge in [-0.05, 0) is 31.9 Å². The Morgan fingerprint density at radius 3 is 2.78 bits per heavy atom. The van der Waals surface area contributed by atoms with Crippen molar-refractivity contribution < 1.29 is 4.79 Å². The summed E-state index contributed by atoms with van der Waals surface area (Å²) in [5.41, 5.74) is 2.01. The van der Waals surface area contributed by atoms with E-state index in [2.05, 4.69) is 26.1 Å². The molecule has 1 aromatic rings. The first-order valence-electron chi connectivity index (χ1n) is 6.66. The van der Waals surface area contributed by atoms with Crippen molar-refractivity contribution >= 4 is 5.91 Å². The molecular weight excluding hydrogens is 224 g/mol. The molecule has 18 heavy (non-hydrogen) atoms. The van der Waals surface area contributed by atoms with Gasteiger partial charge in [-0.1, -0.05) is 25.1 Å². The molecule has 0 atom stereocenters. The molecular formula is C15H22N2O. The Labute approximate surface area is 109 Å². The van der Waals surface area contributed by atoms with Gasteiger partial charge in [0.1, 0.15) is 0 Å². The second-order valence-electron chi connectivity index (χ2n) is 5.55. The van der Waals surface area contributed by atoms with Crippen molar-refractivity contribution in [2.75, 3.05) is 19.6 Å². The smallest absolute Gasteiger partial charge is 0.254 e. The number of nitrogens with one attached hydrogen (secondary N) is 1. The number of nitrogens with zero attached hydrogens (tertiary/aromatic N) is 1. The third-order valence-electron chi connectivity index (χ3n) is 3.49. The summed E-state index contributed by atoms with van der Waals surface area (Å²) in [4.78, 5) is 14.5. The molecule has 0 spiro atoms. The van der Waals surface area contributed by atoms with E-state index in [1.54, 1.807) is 0 Å². The third-order valence-corrected chi connectivity index (χ3v) is 3.49. The second-order valence-corrected chi connectivity index (χ2v) is 5.55. The molecule has 2 rings (SSSR count). The van der Waals surface area contributed by atoms with E-state index in [0.29, 0.717) is 0 Å². The molecule has 0 unspecified atom stereocenters. The fourth-order valence-corrected chi connectivity index (χ4v) is 2.52. The number of carbonyl (C=O) groups is 1. The van der Waals surface area contributed by atoms with E-state index in [4.69, 9.17) is 0 Å². The molecule has 1 N–H and O–H groups in total. The molecule has 0 aliphatic carbocycles. The first kappa shape index (κ1) is 13.1. The fraction of sp³-hybridized carbons (Fsp3) is 0.533. The quantitative estimate of drug-likeness (QED) is 0.866. The third kappa shape index (κ3) is 2.72. The molecule has 1 aromatic carbocycles. The molecule has 1 heterocycles. The van der Waals surface area contributed by atoms with Crippen LogP contribution in [0, 0.1) is 0 Å². The van der Waals surface area contributed by atoms with Gasteiger partial charge in [0.25, 0.3) is 5.91 Å². The molecule has 0 bridgehead atoms. The van der Waals surface area contributed by atoms with Crippen LogP contribution in [0.2, 0.25) is 0 Å². The largest absolute Gasteiger partial charge is 0.336 e. The Balaban J connectivity index is 2.20. The van der Waals surface area contributed by atoms with E-state index in [0.717, 1.165) is 37.2 Å². The monoisotopic (exact) mass is 246 g/mol. The van der Waals surface area contributed by atoms with Gasteiger partial charge in [0, 0.05) is 30.7 Å². The molecule has 1 fully saturated rings. The summed E-state index contributed by atoms with van der Waals surface area (Å²) in [5, 5.41) is 3.43. The van der Waals surface area contributed by atoms with Crippen molar-refractivity contribution in [3.8, 4) is 0 Å². The number of aryl methyl sites for hydroxylation is 1. The predicted molar refractivity (Wildman–Crippen MR) is 73.8 cm³/mol. The van der Waals surface area contributed by atoms with Gasteiger partial charge in [-0.15, -0.1) is 0 Å². The van der Waals surface area contributed by atoms with Crippen molar-refractivity contribution in [3.63, 3.8) is 0 Å². The van der Waals surface area contributed by atoms with E-state index in [1.807, 2.05) is 29.2 Å². The van der Waals surface area contributed by atoms with Gasteiger partial charge in [-0.25, -0.2) is 0 Å². The molecule has 3 nitrogen and oxygen atoms in total. The van der Waals surface area contributed by atoms with E-state index >= 15 is 0 Å². The standard InChI is InChI=1S/C15H22N2O/c1-4-12-7-5-6-8-13(12)14(18)17-10-9-16-15(2,3)11-17/h5-8,16H,4,9-11H2,1-3H3. The summed E-state index contributed by atoms with van der Waals surface area (Å²) < 4.78 is 0. The maximum Gasteiger partial charge on any atom is 0.254 e. The molecule has 1 aliphatic heterocycles. The number of piperazine rings is 1. The molecule has 0 aromatic heterocycles. The molecule has 98 valence electrons. The van der Waals surface area contributed by atoms with Crippen molar-refractivity contribution in [2.24, 2.45) is 0 Å². The molecule has 1 amide bonds. The Hall–Kier alpha value is -1.35. The number of hydrogen-bond acceptors (Lipinski definition) is 2. The van der Waals surface area contributed by atoms with E-state index in [-0.39, 0.29) is 11.4 Å². The van der Waals surface area contributed by atoms with Crippen molar-refractivity contribution in [2.45, 2.75) is 32.7 Å². The molecule has 0 saturated carbocycles. The maximum absolute atomic E-state index is 12.6. The first-order chi connectivity index (χ1) is 8.53. The van der Waals surface area contributed by atoms with Crippen LogP contribution >= 0.6 is 0 Å². The average Bonchev–Trinajstić information content (AvgIpc) is 2.36. The zero-order chi connectivity index (χ0) is 13.2. The van der Waals surface area contributed by atoms with Crippen LogP contribution in [0.4, 0.5) is 0 Å². The first-order valence-corrected chi connectivity index (χ1v) is 6.66. The minimum Gasteiger partial charge on any atom is -0.336 e. The van der Waals surface area contributed by atoms with Gasteiger partial charge in [0.05, 0.1) is 0 Å². The van der Waals surface area contributed by atoms with Gasteiger partial charge < -0.3 is 10.2 Å². The predicted octanol–water partition coefficient (Wildman–Crippen LogP) is 2.07. The van der Waals surface area contributed by atoms with Gasteiger partial charge >= 0.3 is 0 Å². The van der Waals surface area contributed by atoms with Crippen LogP contribution in [0.25, 0.3) is 0 Å². The van der Waals surface area contributed by atoms with Crippen LogP contribution in [-0.2, 0) is 6.42 Å². The normalized spacial score (nSPS) is 18.7. The minimum atomic E-state index is 0.00900. The van der Waals surface area contributed by atoms with Gasteiger partial charge in [0.2, 0.25) is 0 Å². The van der Waals surface area contributed by atoms with Crippen molar-refractivity contribution in [1.82, 2.24) is 10.2 Å². The van der Waals surface area contributed by atoms with E-state index < -0.39 is 0 Å². The molecule has 0 radical (unpaired) electrons. The second kappa shape index (κ2) is 5.11. The van der Waals surface area contributed by atoms with Gasteiger partial charge in [-0.2, -0.15) is 0 Å². The SMILES string of the molecule is CCc1ccccc1C(=O)N1CCNC(C)(C)C1. The lowest BCUT2D eigenvalue weighted by atomic mass is 9.99.